The fourth-order valence-electron chi connectivity index (χ4n) is 2.88. The molecule has 0 heterocycles. The van der Waals surface area contributed by atoms with E-state index in [1.54, 1.807) is 0 Å². The van der Waals surface area contributed by atoms with E-state index < -0.39 is 0 Å². The Labute approximate surface area is 157 Å². The van der Waals surface area contributed by atoms with Gasteiger partial charge in [-0.2, -0.15) is 0 Å². The van der Waals surface area contributed by atoms with E-state index in [9.17, 15) is 4.79 Å². The number of para-hydroxylation sites is 1. The number of benzene rings is 2. The van der Waals surface area contributed by atoms with Crippen molar-refractivity contribution < 1.29 is 9.53 Å². The lowest BCUT2D eigenvalue weighted by Gasteiger charge is -2.18. The Morgan fingerprint density at radius 3 is 2.50 bits per heavy atom. The Morgan fingerprint density at radius 1 is 1.08 bits per heavy atom. The summed E-state index contributed by atoms with van der Waals surface area (Å²) in [4.78, 5) is 14.6. The van der Waals surface area contributed by atoms with Crippen LogP contribution < -0.4 is 10.1 Å². The number of carbonyl (C=O) groups is 1. The van der Waals surface area contributed by atoms with Crippen molar-refractivity contribution in [1.82, 2.24) is 4.90 Å². The molecule has 1 amide bonds. The highest BCUT2D eigenvalue weighted by Gasteiger charge is 2.10. The highest BCUT2D eigenvalue weighted by Crippen LogP contribution is 2.25. The zero-order chi connectivity index (χ0) is 18.9. The molecule has 0 saturated carbocycles. The molecule has 0 radical (unpaired) electrons. The van der Waals surface area contributed by atoms with E-state index in [2.05, 4.69) is 44.0 Å². The maximum absolute atomic E-state index is 12.3. The summed E-state index contributed by atoms with van der Waals surface area (Å²) in [6, 6.07) is 15.9. The van der Waals surface area contributed by atoms with Crippen LogP contribution in [-0.4, -0.2) is 30.5 Å². The van der Waals surface area contributed by atoms with Gasteiger partial charge in [0.1, 0.15) is 5.75 Å². The number of rotatable bonds is 9. The van der Waals surface area contributed by atoms with Crippen molar-refractivity contribution in [2.24, 2.45) is 0 Å². The average molecular weight is 354 g/mol. The molecule has 0 aliphatic carbocycles. The van der Waals surface area contributed by atoms with E-state index in [4.69, 9.17) is 4.74 Å². The van der Waals surface area contributed by atoms with E-state index in [-0.39, 0.29) is 12.5 Å². The molecular weight excluding hydrogens is 324 g/mol. The largest absolute Gasteiger partial charge is 0.483 e. The molecule has 4 heteroatoms. The molecule has 0 bridgehead atoms. The van der Waals surface area contributed by atoms with Crippen LogP contribution in [0, 0.1) is 0 Å². The minimum Gasteiger partial charge on any atom is -0.483 e. The van der Waals surface area contributed by atoms with Gasteiger partial charge in [0.25, 0.3) is 5.91 Å². The lowest BCUT2D eigenvalue weighted by atomic mass is 10.0. The van der Waals surface area contributed by atoms with E-state index in [0.29, 0.717) is 5.92 Å². The van der Waals surface area contributed by atoms with Crippen molar-refractivity contribution in [1.29, 1.82) is 0 Å². The number of carbonyl (C=O) groups excluding carboxylic acids is 1. The molecule has 0 unspecified atom stereocenters. The number of hydrogen-bond acceptors (Lipinski definition) is 3. The minimum absolute atomic E-state index is 0.00397. The standard InChI is InChI=1S/C22H30N2O2/c1-5-24(6-2)15-18-10-9-11-19(14-18)23-22(25)16-26-21-13-8-7-12-20(21)17(3)4/h7-14,17H,5-6,15-16H2,1-4H3,(H,23,25). The Bertz CT molecular complexity index is 709. The van der Waals surface area contributed by atoms with Crippen LogP contribution in [-0.2, 0) is 11.3 Å². The molecule has 0 aliphatic heterocycles. The third kappa shape index (κ3) is 5.88. The van der Waals surface area contributed by atoms with Gasteiger partial charge in [0, 0.05) is 12.2 Å². The molecule has 4 nitrogen and oxygen atoms in total. The quantitative estimate of drug-likeness (QED) is 0.711. The van der Waals surface area contributed by atoms with Crippen molar-refractivity contribution in [3.05, 3.63) is 59.7 Å². The summed E-state index contributed by atoms with van der Waals surface area (Å²) in [6.45, 7) is 11.4. The van der Waals surface area contributed by atoms with Gasteiger partial charge in [-0.05, 0) is 48.3 Å². The molecule has 140 valence electrons. The Hall–Kier alpha value is -2.33. The molecule has 0 saturated heterocycles. The predicted octanol–water partition coefficient (Wildman–Crippen LogP) is 4.67. The number of ether oxygens (including phenoxy) is 1. The Balaban J connectivity index is 1.94. The second kappa shape index (κ2) is 9.97. The smallest absolute Gasteiger partial charge is 0.262 e. The van der Waals surface area contributed by atoms with E-state index >= 15 is 0 Å². The molecule has 0 spiro atoms. The summed E-state index contributed by atoms with van der Waals surface area (Å²) in [7, 11) is 0. The number of nitrogens with one attached hydrogen (secondary N) is 1. The van der Waals surface area contributed by atoms with E-state index in [1.807, 2.05) is 42.5 Å². The van der Waals surface area contributed by atoms with Gasteiger partial charge >= 0.3 is 0 Å². The zero-order valence-corrected chi connectivity index (χ0v) is 16.3. The number of amides is 1. The van der Waals surface area contributed by atoms with E-state index in [1.165, 1.54) is 5.56 Å². The predicted molar refractivity (Wildman–Crippen MR) is 108 cm³/mol. The van der Waals surface area contributed by atoms with Crippen LogP contribution in [0.4, 0.5) is 5.69 Å². The van der Waals surface area contributed by atoms with Crippen LogP contribution >= 0.6 is 0 Å². The molecule has 0 fully saturated rings. The molecule has 26 heavy (non-hydrogen) atoms. The van der Waals surface area contributed by atoms with E-state index in [0.717, 1.165) is 36.6 Å². The lowest BCUT2D eigenvalue weighted by molar-refractivity contribution is -0.118. The molecule has 0 atom stereocenters. The fraction of sp³-hybridized carbons (Fsp3) is 0.409. The SMILES string of the molecule is CCN(CC)Cc1cccc(NC(=O)COc2ccccc2C(C)C)c1. The lowest BCUT2D eigenvalue weighted by Crippen LogP contribution is -2.23. The van der Waals surface area contributed by atoms with Crippen LogP contribution in [0.1, 0.15) is 44.7 Å². The third-order valence-corrected chi connectivity index (χ3v) is 4.41. The summed E-state index contributed by atoms with van der Waals surface area (Å²) >= 11 is 0. The van der Waals surface area contributed by atoms with Gasteiger partial charge in [0.05, 0.1) is 0 Å². The molecule has 0 aliphatic rings. The first kappa shape index (κ1) is 20.0. The van der Waals surface area contributed by atoms with Crippen LogP contribution in [0.3, 0.4) is 0 Å². The summed E-state index contributed by atoms with van der Waals surface area (Å²) in [6.07, 6.45) is 0. The number of anilines is 1. The second-order valence-electron chi connectivity index (χ2n) is 6.69. The first-order valence-corrected chi connectivity index (χ1v) is 9.36. The average Bonchev–Trinajstić information content (AvgIpc) is 2.65. The van der Waals surface area contributed by atoms with Crippen LogP contribution in [0.2, 0.25) is 0 Å². The van der Waals surface area contributed by atoms with Crippen molar-refractivity contribution in [2.45, 2.75) is 40.2 Å². The Morgan fingerprint density at radius 2 is 1.81 bits per heavy atom. The van der Waals surface area contributed by atoms with Gasteiger partial charge in [-0.1, -0.05) is 58.0 Å². The highest BCUT2D eigenvalue weighted by atomic mass is 16.5. The molecule has 2 aromatic carbocycles. The highest BCUT2D eigenvalue weighted by molar-refractivity contribution is 5.91. The molecular formula is C22H30N2O2. The first-order valence-electron chi connectivity index (χ1n) is 9.36. The maximum Gasteiger partial charge on any atom is 0.262 e. The third-order valence-electron chi connectivity index (χ3n) is 4.41. The Kier molecular flexibility index (Phi) is 7.67. The topological polar surface area (TPSA) is 41.6 Å². The van der Waals surface area contributed by atoms with Crippen LogP contribution in [0.15, 0.2) is 48.5 Å². The maximum atomic E-state index is 12.3. The van der Waals surface area contributed by atoms with Gasteiger partial charge < -0.3 is 10.1 Å². The fourth-order valence-corrected chi connectivity index (χ4v) is 2.88. The monoisotopic (exact) mass is 354 g/mol. The van der Waals surface area contributed by atoms with Crippen molar-refractivity contribution in [3.8, 4) is 5.75 Å². The summed E-state index contributed by atoms with van der Waals surface area (Å²) in [5.41, 5.74) is 3.11. The molecule has 2 aromatic rings. The number of nitrogens with zero attached hydrogens (tertiary/aromatic N) is 1. The van der Waals surface area contributed by atoms with Crippen molar-refractivity contribution >= 4 is 11.6 Å². The summed E-state index contributed by atoms with van der Waals surface area (Å²) < 4.78 is 5.74. The molecule has 2 rings (SSSR count). The van der Waals surface area contributed by atoms with Gasteiger partial charge in [0.2, 0.25) is 0 Å². The van der Waals surface area contributed by atoms with Crippen LogP contribution in [0.25, 0.3) is 0 Å². The van der Waals surface area contributed by atoms with Crippen LogP contribution in [0.5, 0.6) is 5.75 Å². The normalized spacial score (nSPS) is 11.0. The van der Waals surface area contributed by atoms with Gasteiger partial charge in [-0.3, -0.25) is 9.69 Å². The first-order chi connectivity index (χ1) is 12.5. The second-order valence-corrected chi connectivity index (χ2v) is 6.69. The minimum atomic E-state index is -0.149. The van der Waals surface area contributed by atoms with Gasteiger partial charge in [-0.25, -0.2) is 0 Å². The van der Waals surface area contributed by atoms with Gasteiger partial charge in [0.15, 0.2) is 6.61 Å². The van der Waals surface area contributed by atoms with Crippen molar-refractivity contribution in [2.75, 3.05) is 25.0 Å². The van der Waals surface area contributed by atoms with Crippen molar-refractivity contribution in [3.63, 3.8) is 0 Å². The number of hydrogen-bond donors (Lipinski definition) is 1. The molecule has 1 N–H and O–H groups in total. The summed E-state index contributed by atoms with van der Waals surface area (Å²) in [5.74, 6) is 0.975. The summed E-state index contributed by atoms with van der Waals surface area (Å²) in [5, 5.41) is 2.93. The zero-order valence-electron chi connectivity index (χ0n) is 16.3. The molecule has 0 aromatic heterocycles. The van der Waals surface area contributed by atoms with Gasteiger partial charge in [-0.15, -0.1) is 0 Å².